The Morgan fingerprint density at radius 3 is 3.05 bits per heavy atom. The van der Waals surface area contributed by atoms with E-state index in [1.165, 1.54) is 12.1 Å². The molecule has 1 aromatic carbocycles. The number of halogens is 1. The van der Waals surface area contributed by atoms with Gasteiger partial charge >= 0.3 is 0 Å². The van der Waals surface area contributed by atoms with E-state index in [1.807, 2.05) is 6.92 Å². The third-order valence-electron chi connectivity index (χ3n) is 4.47. The summed E-state index contributed by atoms with van der Waals surface area (Å²) in [6.07, 6.45) is 0.660. The molecular formula is C16H21FN4O. The molecule has 2 heterocycles. The maximum Gasteiger partial charge on any atom is 0.237 e. The first-order valence-corrected chi connectivity index (χ1v) is 7.47. The van der Waals surface area contributed by atoms with Crippen LogP contribution < -0.4 is 11.1 Å². The van der Waals surface area contributed by atoms with Gasteiger partial charge in [0, 0.05) is 42.8 Å². The van der Waals surface area contributed by atoms with Crippen molar-refractivity contribution < 1.29 is 9.18 Å². The zero-order valence-electron chi connectivity index (χ0n) is 12.8. The fraction of sp³-hybridized carbons (Fsp3) is 0.438. The molecule has 1 aliphatic rings. The highest BCUT2D eigenvalue weighted by Crippen LogP contribution is 2.26. The summed E-state index contributed by atoms with van der Waals surface area (Å²) < 4.78 is 13.4. The number of likely N-dealkylation sites (N-methyl/N-ethyl adjacent to an activating group) is 1. The fourth-order valence-electron chi connectivity index (χ4n) is 3.27. The summed E-state index contributed by atoms with van der Waals surface area (Å²) in [5.41, 5.74) is 8.95. The van der Waals surface area contributed by atoms with Gasteiger partial charge < -0.3 is 16.0 Å². The van der Waals surface area contributed by atoms with Crippen LogP contribution in [-0.4, -0.2) is 41.5 Å². The van der Waals surface area contributed by atoms with Crippen molar-refractivity contribution in [2.24, 2.45) is 5.73 Å². The molecule has 1 aromatic heterocycles. The van der Waals surface area contributed by atoms with E-state index in [0.29, 0.717) is 19.5 Å². The summed E-state index contributed by atoms with van der Waals surface area (Å²) in [6, 6.07) is 4.53. The van der Waals surface area contributed by atoms with Gasteiger partial charge in [-0.2, -0.15) is 0 Å². The number of benzene rings is 1. The molecule has 0 saturated carbocycles. The Morgan fingerprint density at radius 1 is 1.55 bits per heavy atom. The van der Waals surface area contributed by atoms with Crippen molar-refractivity contribution >= 4 is 16.8 Å². The van der Waals surface area contributed by atoms with Crippen molar-refractivity contribution in [3.8, 4) is 0 Å². The molecule has 1 saturated heterocycles. The molecule has 0 radical (unpaired) electrons. The van der Waals surface area contributed by atoms with Crippen LogP contribution in [0.5, 0.6) is 0 Å². The van der Waals surface area contributed by atoms with E-state index in [1.54, 1.807) is 13.1 Å². The van der Waals surface area contributed by atoms with Crippen molar-refractivity contribution in [2.45, 2.75) is 32.0 Å². The van der Waals surface area contributed by atoms with E-state index in [-0.39, 0.29) is 23.8 Å². The van der Waals surface area contributed by atoms with Crippen LogP contribution in [0.4, 0.5) is 4.39 Å². The largest absolute Gasteiger partial charge is 0.358 e. The molecular weight excluding hydrogens is 283 g/mol. The zero-order chi connectivity index (χ0) is 15.9. The lowest BCUT2D eigenvalue weighted by Crippen LogP contribution is -2.41. The predicted molar refractivity (Wildman–Crippen MR) is 83.9 cm³/mol. The van der Waals surface area contributed by atoms with Crippen LogP contribution >= 0.6 is 0 Å². The minimum Gasteiger partial charge on any atom is -0.358 e. The highest BCUT2D eigenvalue weighted by atomic mass is 19.1. The van der Waals surface area contributed by atoms with Gasteiger partial charge in [-0.05, 0) is 37.1 Å². The van der Waals surface area contributed by atoms with E-state index < -0.39 is 0 Å². The van der Waals surface area contributed by atoms with Gasteiger partial charge in [-0.1, -0.05) is 0 Å². The van der Waals surface area contributed by atoms with E-state index in [9.17, 15) is 9.18 Å². The van der Waals surface area contributed by atoms with Gasteiger partial charge in [0.05, 0.1) is 6.04 Å². The van der Waals surface area contributed by atoms with Crippen LogP contribution in [0.2, 0.25) is 0 Å². The van der Waals surface area contributed by atoms with Gasteiger partial charge in [-0.25, -0.2) is 4.39 Å². The van der Waals surface area contributed by atoms with E-state index in [0.717, 1.165) is 22.2 Å². The molecule has 5 nitrogen and oxygen atoms in total. The molecule has 2 aromatic rings. The molecule has 1 amide bonds. The smallest absolute Gasteiger partial charge is 0.237 e. The number of amides is 1. The molecule has 22 heavy (non-hydrogen) atoms. The lowest BCUT2D eigenvalue weighted by Gasteiger charge is -2.22. The van der Waals surface area contributed by atoms with Gasteiger partial charge in [0.25, 0.3) is 0 Å². The molecule has 6 heteroatoms. The first kappa shape index (κ1) is 15.0. The van der Waals surface area contributed by atoms with Gasteiger partial charge in [-0.15, -0.1) is 0 Å². The first-order chi connectivity index (χ1) is 10.5. The fourth-order valence-corrected chi connectivity index (χ4v) is 3.27. The third kappa shape index (κ3) is 2.60. The topological polar surface area (TPSA) is 74.2 Å². The Balaban J connectivity index is 1.89. The number of carbonyl (C=O) groups excluding carboxylic acids is 1. The number of rotatable bonds is 3. The first-order valence-electron chi connectivity index (χ1n) is 7.47. The Bertz CT molecular complexity index is 711. The highest BCUT2D eigenvalue weighted by molar-refractivity contribution is 5.84. The lowest BCUT2D eigenvalue weighted by molar-refractivity contribution is -0.125. The number of aromatic nitrogens is 1. The number of carbonyl (C=O) groups is 1. The van der Waals surface area contributed by atoms with Gasteiger partial charge in [-0.3, -0.25) is 9.69 Å². The van der Waals surface area contributed by atoms with Crippen molar-refractivity contribution in [1.29, 1.82) is 0 Å². The van der Waals surface area contributed by atoms with Crippen LogP contribution in [-0.2, 0) is 11.3 Å². The van der Waals surface area contributed by atoms with Crippen LogP contribution in [0.25, 0.3) is 10.9 Å². The monoisotopic (exact) mass is 304 g/mol. The van der Waals surface area contributed by atoms with Crippen molar-refractivity contribution in [3.63, 3.8) is 0 Å². The van der Waals surface area contributed by atoms with Crippen molar-refractivity contribution in [1.82, 2.24) is 15.2 Å². The van der Waals surface area contributed by atoms with Crippen LogP contribution in [0.15, 0.2) is 18.2 Å². The number of aromatic amines is 1. The molecule has 1 aliphatic heterocycles. The maximum absolute atomic E-state index is 13.4. The molecule has 2 atom stereocenters. The quantitative estimate of drug-likeness (QED) is 0.799. The van der Waals surface area contributed by atoms with Gasteiger partial charge in [0.2, 0.25) is 5.91 Å². The number of nitrogens with zero attached hydrogens (tertiary/aromatic N) is 1. The Morgan fingerprint density at radius 2 is 2.32 bits per heavy atom. The SMILES string of the molecule is CNC(=O)[C@@H]1C[C@@H](N)CN1Cc1[nH]c2ccc(F)cc2c1C. The average molecular weight is 304 g/mol. The molecule has 4 N–H and O–H groups in total. The minimum absolute atomic E-state index is 0.00410. The van der Waals surface area contributed by atoms with Crippen LogP contribution in [0.3, 0.4) is 0 Å². The maximum atomic E-state index is 13.4. The van der Waals surface area contributed by atoms with Crippen molar-refractivity contribution in [3.05, 3.63) is 35.3 Å². The van der Waals surface area contributed by atoms with E-state index >= 15 is 0 Å². The Hall–Kier alpha value is -1.92. The third-order valence-corrected chi connectivity index (χ3v) is 4.47. The molecule has 0 unspecified atom stereocenters. The summed E-state index contributed by atoms with van der Waals surface area (Å²) in [7, 11) is 1.64. The zero-order valence-corrected chi connectivity index (χ0v) is 12.8. The second kappa shape index (κ2) is 5.70. The molecule has 118 valence electrons. The number of nitrogens with two attached hydrogens (primary N) is 1. The number of likely N-dealkylation sites (tertiary alicyclic amines) is 1. The summed E-state index contributed by atoms with van der Waals surface area (Å²) in [5, 5.41) is 3.58. The highest BCUT2D eigenvalue weighted by Gasteiger charge is 2.35. The standard InChI is InChI=1S/C16H21FN4O/c1-9-12-5-10(17)3-4-13(12)20-14(9)8-21-7-11(18)6-15(21)16(22)19-2/h3-5,11,15,20H,6-8,18H2,1-2H3,(H,19,22)/t11-,15+/m1/s1. The Labute approximate surface area is 128 Å². The lowest BCUT2D eigenvalue weighted by atomic mass is 10.1. The number of aryl methyl sites for hydroxylation is 1. The molecule has 0 aliphatic carbocycles. The Kier molecular flexibility index (Phi) is 3.88. The van der Waals surface area contributed by atoms with E-state index in [4.69, 9.17) is 5.73 Å². The second-order valence-corrected chi connectivity index (χ2v) is 5.97. The normalized spacial score (nSPS) is 22.4. The molecule has 0 bridgehead atoms. The molecule has 1 fully saturated rings. The summed E-state index contributed by atoms with van der Waals surface area (Å²) in [4.78, 5) is 17.4. The minimum atomic E-state index is -0.243. The van der Waals surface area contributed by atoms with Crippen molar-refractivity contribution in [2.75, 3.05) is 13.6 Å². The van der Waals surface area contributed by atoms with Crippen LogP contribution in [0.1, 0.15) is 17.7 Å². The number of hydrogen-bond donors (Lipinski definition) is 3. The van der Waals surface area contributed by atoms with Crippen LogP contribution in [0, 0.1) is 12.7 Å². The number of hydrogen-bond acceptors (Lipinski definition) is 3. The number of nitrogens with one attached hydrogen (secondary N) is 2. The van der Waals surface area contributed by atoms with Gasteiger partial charge in [0.15, 0.2) is 0 Å². The predicted octanol–water partition coefficient (Wildman–Crippen LogP) is 1.26. The average Bonchev–Trinajstić information content (AvgIpc) is 3.00. The van der Waals surface area contributed by atoms with E-state index in [2.05, 4.69) is 15.2 Å². The van der Waals surface area contributed by atoms with Gasteiger partial charge in [0.1, 0.15) is 5.82 Å². The molecule has 3 rings (SSSR count). The summed E-state index contributed by atoms with van der Waals surface area (Å²) in [5.74, 6) is -0.250. The number of fused-ring (bicyclic) bond motifs is 1. The molecule has 0 spiro atoms. The second-order valence-electron chi connectivity index (χ2n) is 5.97. The summed E-state index contributed by atoms with van der Waals surface area (Å²) >= 11 is 0. The summed E-state index contributed by atoms with van der Waals surface area (Å²) in [6.45, 7) is 3.26. The number of H-pyrrole nitrogens is 1.